The molecule has 1 aromatic heterocycles. The fraction of sp³-hybridized carbons (Fsp3) is 0.474. The Balaban J connectivity index is 1.71. The van der Waals surface area contributed by atoms with E-state index in [4.69, 9.17) is 0 Å². The zero-order valence-corrected chi connectivity index (χ0v) is 14.2. The number of anilines is 1. The maximum absolute atomic E-state index is 12.2. The lowest BCUT2D eigenvalue weighted by atomic mass is 9.66. The maximum atomic E-state index is 12.2. The molecule has 2 N–H and O–H groups in total. The molecule has 128 valence electrons. The summed E-state index contributed by atoms with van der Waals surface area (Å²) in [6.07, 6.45) is 4.17. The van der Waals surface area contributed by atoms with Crippen LogP contribution in [0.25, 0.3) is 10.9 Å². The quantitative estimate of drug-likeness (QED) is 0.845. The van der Waals surface area contributed by atoms with Crippen molar-refractivity contribution in [1.82, 2.24) is 4.57 Å². The molecular formula is C19H24N2O3. The summed E-state index contributed by atoms with van der Waals surface area (Å²) < 4.78 is 2.21. The van der Waals surface area contributed by atoms with Gasteiger partial charge in [-0.15, -0.1) is 0 Å². The van der Waals surface area contributed by atoms with E-state index in [0.717, 1.165) is 29.6 Å². The lowest BCUT2D eigenvalue weighted by Crippen LogP contribution is -2.41. The lowest BCUT2D eigenvalue weighted by molar-refractivity contribution is -0.157. The van der Waals surface area contributed by atoms with Gasteiger partial charge >= 0.3 is 5.97 Å². The van der Waals surface area contributed by atoms with E-state index in [9.17, 15) is 14.7 Å². The predicted molar refractivity (Wildman–Crippen MR) is 93.9 cm³/mol. The largest absolute Gasteiger partial charge is 0.481 e. The van der Waals surface area contributed by atoms with Crippen molar-refractivity contribution in [2.45, 2.75) is 46.1 Å². The molecule has 5 nitrogen and oxygen atoms in total. The number of carbonyl (C=O) groups excluding carboxylic acids is 1. The molecular weight excluding hydrogens is 304 g/mol. The van der Waals surface area contributed by atoms with E-state index in [2.05, 4.69) is 29.9 Å². The number of rotatable bonds is 6. The monoisotopic (exact) mass is 328 g/mol. The van der Waals surface area contributed by atoms with E-state index < -0.39 is 11.4 Å². The van der Waals surface area contributed by atoms with Crippen molar-refractivity contribution in [3.8, 4) is 0 Å². The van der Waals surface area contributed by atoms with Crippen LogP contribution in [0.3, 0.4) is 0 Å². The number of aromatic nitrogens is 1. The molecule has 2 aromatic rings. The second kappa shape index (κ2) is 6.30. The summed E-state index contributed by atoms with van der Waals surface area (Å²) in [6.45, 7) is 5.31. The van der Waals surface area contributed by atoms with Gasteiger partial charge in [0.1, 0.15) is 0 Å². The van der Waals surface area contributed by atoms with Crippen molar-refractivity contribution in [2.75, 3.05) is 5.32 Å². The van der Waals surface area contributed by atoms with Gasteiger partial charge in [0.15, 0.2) is 0 Å². The number of carbonyl (C=O) groups is 2. The number of nitrogens with one attached hydrogen (secondary N) is 1. The van der Waals surface area contributed by atoms with Crippen molar-refractivity contribution in [3.63, 3.8) is 0 Å². The number of fused-ring (bicyclic) bond motifs is 1. The highest BCUT2D eigenvalue weighted by Crippen LogP contribution is 2.44. The van der Waals surface area contributed by atoms with E-state index in [1.165, 1.54) is 0 Å². The number of hydrogen-bond acceptors (Lipinski definition) is 2. The minimum Gasteiger partial charge on any atom is -0.481 e. The Labute approximate surface area is 141 Å². The molecule has 24 heavy (non-hydrogen) atoms. The van der Waals surface area contributed by atoms with Gasteiger partial charge in [-0.1, -0.05) is 20.3 Å². The number of aliphatic carboxylic acids is 1. The highest BCUT2D eigenvalue weighted by molar-refractivity contribution is 5.96. The molecule has 0 radical (unpaired) electrons. The SMILES string of the molecule is CC(C)Cn1ccc2cc(NC(=O)CC3(C(=O)O)CCC3)ccc21. The molecule has 5 heteroatoms. The molecule has 1 aliphatic carbocycles. The van der Waals surface area contributed by atoms with Crippen LogP contribution in [0.2, 0.25) is 0 Å². The first-order valence-corrected chi connectivity index (χ1v) is 8.52. The van der Waals surface area contributed by atoms with Crippen molar-refractivity contribution >= 4 is 28.5 Å². The second-order valence-corrected chi connectivity index (χ2v) is 7.30. The van der Waals surface area contributed by atoms with Crippen LogP contribution in [-0.2, 0) is 16.1 Å². The molecule has 0 spiro atoms. The third-order valence-electron chi connectivity index (χ3n) is 4.88. The molecule has 0 saturated heterocycles. The van der Waals surface area contributed by atoms with Crippen LogP contribution >= 0.6 is 0 Å². The van der Waals surface area contributed by atoms with E-state index in [1.54, 1.807) is 0 Å². The average molecular weight is 328 g/mol. The minimum atomic E-state index is -0.856. The Morgan fingerprint density at radius 3 is 2.62 bits per heavy atom. The number of carboxylic acid groups (broad SMARTS) is 1. The third kappa shape index (κ3) is 3.16. The Morgan fingerprint density at radius 2 is 2.04 bits per heavy atom. The van der Waals surface area contributed by atoms with Gasteiger partial charge in [0, 0.05) is 35.8 Å². The molecule has 0 bridgehead atoms. The van der Waals surface area contributed by atoms with Crippen molar-refractivity contribution in [3.05, 3.63) is 30.5 Å². The van der Waals surface area contributed by atoms with Crippen LogP contribution in [0.4, 0.5) is 5.69 Å². The summed E-state index contributed by atoms with van der Waals surface area (Å²) in [5.74, 6) is -0.516. The first-order valence-electron chi connectivity index (χ1n) is 8.52. The maximum Gasteiger partial charge on any atom is 0.310 e. The summed E-state index contributed by atoms with van der Waals surface area (Å²) in [6, 6.07) is 7.87. The molecule has 1 fully saturated rings. The highest BCUT2D eigenvalue weighted by Gasteiger charge is 2.45. The van der Waals surface area contributed by atoms with E-state index in [1.807, 2.05) is 24.3 Å². The number of benzene rings is 1. The van der Waals surface area contributed by atoms with Gasteiger partial charge in [-0.05, 0) is 43.0 Å². The zero-order chi connectivity index (χ0) is 17.3. The summed E-state index contributed by atoms with van der Waals surface area (Å²) in [4.78, 5) is 23.6. The van der Waals surface area contributed by atoms with Gasteiger partial charge in [-0.25, -0.2) is 0 Å². The van der Waals surface area contributed by atoms with Crippen molar-refractivity contribution < 1.29 is 14.7 Å². The first kappa shape index (κ1) is 16.6. The number of nitrogens with zero attached hydrogens (tertiary/aromatic N) is 1. The van der Waals surface area contributed by atoms with Gasteiger partial charge in [0.2, 0.25) is 5.91 Å². The van der Waals surface area contributed by atoms with Crippen LogP contribution < -0.4 is 5.32 Å². The Hall–Kier alpha value is -2.30. The summed E-state index contributed by atoms with van der Waals surface area (Å²) in [5, 5.41) is 13.3. The number of hydrogen-bond donors (Lipinski definition) is 2. The van der Waals surface area contributed by atoms with E-state index in [-0.39, 0.29) is 12.3 Å². The molecule has 0 atom stereocenters. The van der Waals surface area contributed by atoms with Crippen molar-refractivity contribution in [2.24, 2.45) is 11.3 Å². The third-order valence-corrected chi connectivity index (χ3v) is 4.88. The van der Waals surface area contributed by atoms with Gasteiger partial charge in [0.25, 0.3) is 0 Å². The fourth-order valence-electron chi connectivity index (χ4n) is 3.41. The number of carboxylic acids is 1. The topological polar surface area (TPSA) is 71.3 Å². The van der Waals surface area contributed by atoms with Crippen LogP contribution in [0.1, 0.15) is 39.5 Å². The van der Waals surface area contributed by atoms with Gasteiger partial charge < -0.3 is 15.0 Å². The van der Waals surface area contributed by atoms with Crippen LogP contribution in [0.15, 0.2) is 30.5 Å². The van der Waals surface area contributed by atoms with E-state index in [0.29, 0.717) is 18.8 Å². The molecule has 0 unspecified atom stereocenters. The zero-order valence-electron chi connectivity index (χ0n) is 14.2. The van der Waals surface area contributed by atoms with E-state index >= 15 is 0 Å². The molecule has 3 rings (SSSR count). The normalized spacial score (nSPS) is 16.1. The van der Waals surface area contributed by atoms with Gasteiger partial charge in [-0.2, -0.15) is 0 Å². The second-order valence-electron chi connectivity index (χ2n) is 7.30. The minimum absolute atomic E-state index is 0.0503. The molecule has 1 aromatic carbocycles. The Kier molecular flexibility index (Phi) is 4.35. The van der Waals surface area contributed by atoms with Crippen LogP contribution in [-0.4, -0.2) is 21.6 Å². The standard InChI is InChI=1S/C19H24N2O3/c1-13(2)12-21-9-6-14-10-15(4-5-16(14)21)20-17(22)11-19(18(23)24)7-3-8-19/h4-6,9-10,13H,3,7-8,11-12H2,1-2H3,(H,20,22)(H,23,24). The fourth-order valence-corrected chi connectivity index (χ4v) is 3.41. The number of amides is 1. The molecule has 0 aliphatic heterocycles. The lowest BCUT2D eigenvalue weighted by Gasteiger charge is -2.36. The van der Waals surface area contributed by atoms with Crippen molar-refractivity contribution in [1.29, 1.82) is 0 Å². The Morgan fingerprint density at radius 1 is 1.29 bits per heavy atom. The Bertz CT molecular complexity index is 772. The van der Waals surface area contributed by atoms with Gasteiger partial charge in [-0.3, -0.25) is 9.59 Å². The smallest absolute Gasteiger partial charge is 0.310 e. The summed E-state index contributed by atoms with van der Waals surface area (Å²) >= 11 is 0. The molecule has 1 aliphatic rings. The highest BCUT2D eigenvalue weighted by atomic mass is 16.4. The predicted octanol–water partition coefficient (Wildman–Crippen LogP) is 3.88. The first-order chi connectivity index (χ1) is 11.4. The van der Waals surface area contributed by atoms with Gasteiger partial charge in [0.05, 0.1) is 5.41 Å². The summed E-state index contributed by atoms with van der Waals surface area (Å²) in [7, 11) is 0. The van der Waals surface area contributed by atoms with Crippen LogP contribution in [0.5, 0.6) is 0 Å². The molecule has 1 heterocycles. The average Bonchev–Trinajstić information content (AvgIpc) is 2.84. The molecule has 1 amide bonds. The molecule has 1 saturated carbocycles. The summed E-state index contributed by atoms with van der Waals surface area (Å²) in [5.41, 5.74) is 1.01. The van der Waals surface area contributed by atoms with Crippen LogP contribution in [0, 0.1) is 11.3 Å².